The van der Waals surface area contributed by atoms with Crippen LogP contribution >= 0.6 is 0 Å². The third-order valence-electron chi connectivity index (χ3n) is 7.32. The fraction of sp³-hybridized carbons (Fsp3) is 0.312. The first-order valence-electron chi connectivity index (χ1n) is 13.5. The van der Waals surface area contributed by atoms with Crippen LogP contribution in [0.1, 0.15) is 53.3 Å². The Morgan fingerprint density at radius 3 is 2.68 bits per heavy atom. The molecule has 5 rings (SSSR count). The number of benzene rings is 3. The van der Waals surface area contributed by atoms with Gasteiger partial charge in [-0.3, -0.25) is 9.59 Å². The minimum Gasteiger partial charge on any atom is -0.381 e. The SMILES string of the molecule is C[C@H]1CCN(C(=O)c2ccc(-c3ccc4[nH]ccc4c3)c(C(=O)CCCCN(C)C)c2)c2ccccc2N1. The highest BCUT2D eigenvalue weighted by molar-refractivity contribution is 6.11. The summed E-state index contributed by atoms with van der Waals surface area (Å²) in [7, 11) is 4.09. The molecule has 0 saturated carbocycles. The molecule has 196 valence electrons. The molecule has 1 amide bonds. The number of nitrogens with zero attached hydrogens (tertiary/aromatic N) is 2. The number of carbonyl (C=O) groups excluding carboxylic acids is 2. The van der Waals surface area contributed by atoms with E-state index in [0.29, 0.717) is 24.1 Å². The number of H-pyrrole nitrogens is 1. The van der Waals surface area contributed by atoms with Crippen LogP contribution in [0.5, 0.6) is 0 Å². The van der Waals surface area contributed by atoms with Gasteiger partial charge in [-0.15, -0.1) is 0 Å². The number of rotatable bonds is 8. The maximum Gasteiger partial charge on any atom is 0.258 e. The minimum atomic E-state index is -0.0809. The number of para-hydroxylation sites is 2. The van der Waals surface area contributed by atoms with Crippen molar-refractivity contribution in [3.63, 3.8) is 0 Å². The average Bonchev–Trinajstić information content (AvgIpc) is 3.32. The van der Waals surface area contributed by atoms with Gasteiger partial charge in [0.2, 0.25) is 0 Å². The first kappa shape index (κ1) is 25.7. The summed E-state index contributed by atoms with van der Waals surface area (Å²) >= 11 is 0. The lowest BCUT2D eigenvalue weighted by Gasteiger charge is -2.23. The topological polar surface area (TPSA) is 68.4 Å². The van der Waals surface area contributed by atoms with Crippen molar-refractivity contribution < 1.29 is 9.59 Å². The van der Waals surface area contributed by atoms with E-state index in [1.165, 1.54) is 0 Å². The summed E-state index contributed by atoms with van der Waals surface area (Å²) in [6.45, 7) is 3.70. The fourth-order valence-corrected chi connectivity index (χ4v) is 5.21. The largest absolute Gasteiger partial charge is 0.381 e. The molecule has 1 atom stereocenters. The maximum atomic E-state index is 13.9. The number of carbonyl (C=O) groups is 2. The summed E-state index contributed by atoms with van der Waals surface area (Å²) in [5.41, 5.74) is 5.89. The average molecular weight is 509 g/mol. The number of hydrogen-bond donors (Lipinski definition) is 2. The van der Waals surface area contributed by atoms with Crippen molar-refractivity contribution in [1.82, 2.24) is 9.88 Å². The van der Waals surface area contributed by atoms with E-state index in [1.54, 1.807) is 0 Å². The second-order valence-corrected chi connectivity index (χ2v) is 10.5. The van der Waals surface area contributed by atoms with E-state index in [1.807, 2.05) is 85.9 Å². The van der Waals surface area contributed by atoms with E-state index in [0.717, 1.165) is 59.2 Å². The standard InChI is InChI=1S/C32H36N4O2/c1-22-16-19-36(30-9-5-4-8-29(30)34-22)32(38)25-11-13-26(23-12-14-28-24(20-23)15-17-33-28)27(21-25)31(37)10-6-7-18-35(2)3/h4-5,8-9,11-15,17,20-22,33-34H,6-7,10,16,18-19H2,1-3H3/t22-/m0/s1. The maximum absolute atomic E-state index is 13.9. The summed E-state index contributed by atoms with van der Waals surface area (Å²) in [6, 6.07) is 22.0. The number of Topliss-reactive ketones (excluding diaryl/α,β-unsaturated/α-hetero) is 1. The summed E-state index contributed by atoms with van der Waals surface area (Å²) in [5, 5.41) is 4.61. The zero-order valence-corrected chi connectivity index (χ0v) is 22.5. The minimum absolute atomic E-state index is 0.0779. The van der Waals surface area contributed by atoms with Gasteiger partial charge in [0, 0.05) is 41.8 Å². The Hall–Kier alpha value is -3.90. The van der Waals surface area contributed by atoms with E-state index >= 15 is 0 Å². The van der Waals surface area contributed by atoms with Crippen molar-refractivity contribution in [2.24, 2.45) is 0 Å². The Balaban J connectivity index is 1.50. The van der Waals surface area contributed by atoms with Crippen LogP contribution in [-0.4, -0.2) is 54.8 Å². The Bertz CT molecular complexity index is 1450. The van der Waals surface area contributed by atoms with E-state index in [4.69, 9.17) is 0 Å². The molecule has 1 aromatic heterocycles. The van der Waals surface area contributed by atoms with Gasteiger partial charge < -0.3 is 20.1 Å². The van der Waals surface area contributed by atoms with Crippen LogP contribution in [0, 0.1) is 0 Å². The summed E-state index contributed by atoms with van der Waals surface area (Å²) in [6.07, 6.45) is 4.99. The smallest absolute Gasteiger partial charge is 0.258 e. The van der Waals surface area contributed by atoms with E-state index in [2.05, 4.69) is 28.2 Å². The molecule has 2 heterocycles. The van der Waals surface area contributed by atoms with Crippen LogP contribution in [-0.2, 0) is 0 Å². The summed E-state index contributed by atoms with van der Waals surface area (Å²) in [4.78, 5) is 34.7. The van der Waals surface area contributed by atoms with Crippen molar-refractivity contribution in [2.75, 3.05) is 37.4 Å². The molecular weight excluding hydrogens is 472 g/mol. The Kier molecular flexibility index (Phi) is 7.61. The molecule has 1 aliphatic rings. The van der Waals surface area contributed by atoms with Gasteiger partial charge in [0.1, 0.15) is 0 Å². The normalized spacial score (nSPS) is 15.3. The molecule has 0 spiro atoms. The van der Waals surface area contributed by atoms with Crippen molar-refractivity contribution in [2.45, 2.75) is 38.6 Å². The van der Waals surface area contributed by atoms with Crippen molar-refractivity contribution in [1.29, 1.82) is 0 Å². The third-order valence-corrected chi connectivity index (χ3v) is 7.32. The van der Waals surface area contributed by atoms with Crippen LogP contribution in [0.2, 0.25) is 0 Å². The van der Waals surface area contributed by atoms with Gasteiger partial charge in [-0.25, -0.2) is 0 Å². The number of aromatic amines is 1. The fourth-order valence-electron chi connectivity index (χ4n) is 5.21. The number of aromatic nitrogens is 1. The Morgan fingerprint density at radius 1 is 1.00 bits per heavy atom. The molecule has 6 nitrogen and oxygen atoms in total. The van der Waals surface area contributed by atoms with Gasteiger partial charge in [0.15, 0.2) is 5.78 Å². The molecule has 0 unspecified atom stereocenters. The first-order chi connectivity index (χ1) is 18.4. The molecule has 0 fully saturated rings. The molecule has 38 heavy (non-hydrogen) atoms. The van der Waals surface area contributed by atoms with E-state index in [9.17, 15) is 9.59 Å². The number of unbranched alkanes of at least 4 members (excludes halogenated alkanes) is 1. The molecule has 0 aliphatic carbocycles. The van der Waals surface area contributed by atoms with Crippen molar-refractivity contribution in [3.8, 4) is 11.1 Å². The molecule has 0 saturated heterocycles. The number of ketones is 1. The van der Waals surface area contributed by atoms with Crippen molar-refractivity contribution >= 4 is 34.0 Å². The molecule has 4 aromatic rings. The number of hydrogen-bond acceptors (Lipinski definition) is 4. The molecule has 6 heteroatoms. The number of amides is 1. The second-order valence-electron chi connectivity index (χ2n) is 10.5. The van der Waals surface area contributed by atoms with Gasteiger partial charge in [-0.2, -0.15) is 0 Å². The number of anilines is 2. The monoisotopic (exact) mass is 508 g/mol. The van der Waals surface area contributed by atoms with Crippen LogP contribution < -0.4 is 10.2 Å². The van der Waals surface area contributed by atoms with Gasteiger partial charge in [-0.1, -0.05) is 24.3 Å². The van der Waals surface area contributed by atoms with Crippen molar-refractivity contribution in [3.05, 3.63) is 84.1 Å². The molecule has 0 bridgehead atoms. The van der Waals surface area contributed by atoms with Crippen LogP contribution in [0.3, 0.4) is 0 Å². The quantitative estimate of drug-likeness (QED) is 0.208. The van der Waals surface area contributed by atoms with Gasteiger partial charge in [-0.05, 0) is 106 Å². The highest BCUT2D eigenvalue weighted by Gasteiger charge is 2.25. The van der Waals surface area contributed by atoms with Crippen LogP contribution in [0.25, 0.3) is 22.0 Å². The zero-order chi connectivity index (χ0) is 26.6. The zero-order valence-electron chi connectivity index (χ0n) is 22.5. The lowest BCUT2D eigenvalue weighted by molar-refractivity contribution is 0.0979. The summed E-state index contributed by atoms with van der Waals surface area (Å²) in [5.74, 6) is -0.00299. The molecule has 0 radical (unpaired) electrons. The van der Waals surface area contributed by atoms with E-state index < -0.39 is 0 Å². The van der Waals surface area contributed by atoms with E-state index in [-0.39, 0.29) is 17.7 Å². The van der Waals surface area contributed by atoms with Crippen LogP contribution in [0.15, 0.2) is 72.9 Å². The van der Waals surface area contributed by atoms with Gasteiger partial charge in [0.25, 0.3) is 5.91 Å². The predicted molar refractivity (Wildman–Crippen MR) is 156 cm³/mol. The molecule has 2 N–H and O–H groups in total. The van der Waals surface area contributed by atoms with Crippen LogP contribution in [0.4, 0.5) is 11.4 Å². The molecule has 3 aromatic carbocycles. The predicted octanol–water partition coefficient (Wildman–Crippen LogP) is 6.60. The first-order valence-corrected chi connectivity index (χ1v) is 13.5. The third kappa shape index (κ3) is 5.50. The van der Waals surface area contributed by atoms with Gasteiger partial charge in [0.05, 0.1) is 11.4 Å². The number of fused-ring (bicyclic) bond motifs is 2. The molecular formula is C32H36N4O2. The molecule has 1 aliphatic heterocycles. The number of nitrogens with one attached hydrogen (secondary N) is 2. The lowest BCUT2D eigenvalue weighted by atomic mass is 9.92. The Labute approximate surface area is 224 Å². The second kappa shape index (κ2) is 11.2. The lowest BCUT2D eigenvalue weighted by Crippen LogP contribution is -2.32. The Morgan fingerprint density at radius 2 is 1.84 bits per heavy atom. The summed E-state index contributed by atoms with van der Waals surface area (Å²) < 4.78 is 0. The highest BCUT2D eigenvalue weighted by atomic mass is 16.2. The highest BCUT2D eigenvalue weighted by Crippen LogP contribution is 2.33. The van der Waals surface area contributed by atoms with Gasteiger partial charge >= 0.3 is 0 Å².